The summed E-state index contributed by atoms with van der Waals surface area (Å²) in [6, 6.07) is 51.7. The van der Waals surface area contributed by atoms with Gasteiger partial charge in [0.1, 0.15) is 24.0 Å². The third kappa shape index (κ3) is 8.38. The Balaban J connectivity index is 1.17. The molecule has 1 aliphatic heterocycles. The second-order valence-electron chi connectivity index (χ2n) is 23.2. The number of fused-ring (bicyclic) bond motifs is 4. The lowest BCUT2D eigenvalue weighted by Gasteiger charge is -2.28. The number of ether oxygens (including phenoxy) is 1. The number of rotatable bonds is 7. The number of pyridine rings is 1. The normalized spacial score (nSPS) is 13.8. The van der Waals surface area contributed by atoms with Crippen molar-refractivity contribution in [1.82, 2.24) is 9.55 Å². The Bertz CT molecular complexity index is 3110. The van der Waals surface area contributed by atoms with E-state index in [1.54, 1.807) is 0 Å². The van der Waals surface area contributed by atoms with Crippen LogP contribution in [0.25, 0.3) is 27.6 Å². The molecule has 0 fully saturated rings. The molecule has 5 heteroatoms. The minimum absolute atomic E-state index is 0.0102. The van der Waals surface area contributed by atoms with Crippen LogP contribution in [0.4, 0.5) is 22.7 Å². The van der Waals surface area contributed by atoms with E-state index in [2.05, 4.69) is 251 Å². The summed E-state index contributed by atoms with van der Waals surface area (Å²) in [6.45, 7) is 32.6. The molecule has 1 aliphatic rings. The largest absolute Gasteiger partial charge is 0.457 e. The summed E-state index contributed by atoms with van der Waals surface area (Å²) in [7, 11) is 0. The number of hydrogen-bond acceptors (Lipinski definition) is 4. The molecule has 0 aliphatic carbocycles. The van der Waals surface area contributed by atoms with Crippen molar-refractivity contribution < 1.29 is 4.74 Å². The topological polar surface area (TPSA) is 33.5 Å². The van der Waals surface area contributed by atoms with Crippen LogP contribution in [0.2, 0.25) is 0 Å². The Hall–Kier alpha value is -6.33. The maximum Gasteiger partial charge on any atom is 0.137 e. The molecule has 0 N–H and O–H groups in total. The minimum Gasteiger partial charge on any atom is -0.457 e. The summed E-state index contributed by atoms with van der Waals surface area (Å²) in [6.07, 6.45) is 1.95. The lowest BCUT2D eigenvalue weighted by molar-refractivity contribution is 0.479. The van der Waals surface area contributed by atoms with Crippen LogP contribution >= 0.6 is 0 Å². The molecule has 8 aromatic rings. The molecule has 3 heterocycles. The van der Waals surface area contributed by atoms with Gasteiger partial charge in [-0.25, -0.2) is 4.98 Å². The smallest absolute Gasteiger partial charge is 0.137 e. The van der Waals surface area contributed by atoms with Crippen molar-refractivity contribution in [2.45, 2.75) is 124 Å². The summed E-state index contributed by atoms with van der Waals surface area (Å²) in [4.78, 5) is 9.93. The fourth-order valence-corrected chi connectivity index (χ4v) is 9.41. The van der Waals surface area contributed by atoms with E-state index >= 15 is 0 Å². The van der Waals surface area contributed by atoms with Crippen molar-refractivity contribution in [1.29, 1.82) is 0 Å². The second kappa shape index (κ2) is 15.9. The van der Waals surface area contributed by atoms with E-state index in [0.717, 1.165) is 34.0 Å². The van der Waals surface area contributed by atoms with Gasteiger partial charge in [-0.2, -0.15) is 0 Å². The SMILES string of the molecule is CC(C)(C)c1cccc(N2CN(c3cc(Oc4ccc5c6cc(C(C)(C)C)ccc6n(-c6cc(C(C)(C)C)ccn6)c5c4)cc(C(C)(C)C)c3)c3ccc(C(C)(C)c4ccccc4)cc32)c1. The molecule has 0 unspecified atom stereocenters. The molecule has 0 spiro atoms. The maximum absolute atomic E-state index is 7.06. The summed E-state index contributed by atoms with van der Waals surface area (Å²) in [5, 5.41) is 2.39. The number of benzene rings is 6. The predicted octanol–water partition coefficient (Wildman–Crippen LogP) is 16.7. The van der Waals surface area contributed by atoms with E-state index in [9.17, 15) is 0 Å². The zero-order valence-electron chi connectivity index (χ0n) is 41.8. The molecule has 0 atom stereocenters. The first-order valence-electron chi connectivity index (χ1n) is 23.7. The molecule has 6 aromatic carbocycles. The molecule has 338 valence electrons. The van der Waals surface area contributed by atoms with Gasteiger partial charge in [-0.3, -0.25) is 4.57 Å². The van der Waals surface area contributed by atoms with Crippen LogP contribution in [0.1, 0.15) is 130 Å². The van der Waals surface area contributed by atoms with Gasteiger partial charge in [-0.15, -0.1) is 0 Å². The predicted molar refractivity (Wildman–Crippen MR) is 280 cm³/mol. The van der Waals surface area contributed by atoms with Crippen LogP contribution in [0.15, 0.2) is 146 Å². The van der Waals surface area contributed by atoms with Gasteiger partial charge in [0.25, 0.3) is 0 Å². The Labute approximate surface area is 394 Å². The molecule has 0 amide bonds. The summed E-state index contributed by atoms with van der Waals surface area (Å²) >= 11 is 0. The molecular weight excluding hydrogens is 805 g/mol. The van der Waals surface area contributed by atoms with Crippen molar-refractivity contribution in [3.05, 3.63) is 179 Å². The molecule has 2 aromatic heterocycles. The van der Waals surface area contributed by atoms with Crippen LogP contribution in [-0.2, 0) is 27.1 Å². The Morgan fingerprint density at radius 3 is 1.73 bits per heavy atom. The lowest BCUT2D eigenvalue weighted by Crippen LogP contribution is -2.25. The average molecular weight is 873 g/mol. The number of aromatic nitrogens is 2. The number of nitrogens with zero attached hydrogens (tertiary/aromatic N) is 4. The fourth-order valence-electron chi connectivity index (χ4n) is 9.41. The molecule has 5 nitrogen and oxygen atoms in total. The van der Waals surface area contributed by atoms with Gasteiger partial charge < -0.3 is 14.5 Å². The first-order chi connectivity index (χ1) is 31.0. The molecule has 0 saturated heterocycles. The highest BCUT2D eigenvalue weighted by atomic mass is 16.5. The van der Waals surface area contributed by atoms with E-state index in [0.29, 0.717) is 6.67 Å². The van der Waals surface area contributed by atoms with Gasteiger partial charge in [-0.05, 0) is 128 Å². The minimum atomic E-state index is -0.192. The standard InChI is InChI=1S/C61H68N4O/c1-57(2,3)41-21-18-22-46(31-41)63-39-64(53-28-24-44(35-55(53)63)61(13,14)40-19-16-15-17-20-40)47-32-45(60(10,11)12)33-49(37-47)66-48-25-26-50-51-34-42(58(4,5)6)23-27-52(51)65(54(50)38-48)56-36-43(29-30-62-56)59(7,8)9/h15-38H,39H2,1-14H3. The second-order valence-corrected chi connectivity index (χ2v) is 23.2. The van der Waals surface area contributed by atoms with Crippen molar-refractivity contribution in [2.24, 2.45) is 0 Å². The highest BCUT2D eigenvalue weighted by molar-refractivity contribution is 6.10. The van der Waals surface area contributed by atoms with E-state index in [1.165, 1.54) is 61.2 Å². The zero-order valence-corrected chi connectivity index (χ0v) is 41.8. The van der Waals surface area contributed by atoms with Crippen LogP contribution in [0, 0.1) is 0 Å². The Morgan fingerprint density at radius 2 is 1.03 bits per heavy atom. The van der Waals surface area contributed by atoms with Gasteiger partial charge in [0, 0.05) is 45.9 Å². The number of hydrogen-bond donors (Lipinski definition) is 0. The van der Waals surface area contributed by atoms with E-state index in [1.807, 2.05) is 6.20 Å². The molecular formula is C61H68N4O. The van der Waals surface area contributed by atoms with Crippen LogP contribution in [-0.4, -0.2) is 16.2 Å². The van der Waals surface area contributed by atoms with Crippen molar-refractivity contribution in [3.8, 4) is 17.3 Å². The third-order valence-corrected chi connectivity index (χ3v) is 13.8. The first-order valence-corrected chi connectivity index (χ1v) is 23.7. The number of anilines is 4. The maximum atomic E-state index is 7.06. The zero-order chi connectivity index (χ0) is 47.1. The molecule has 0 radical (unpaired) electrons. The van der Waals surface area contributed by atoms with Crippen molar-refractivity contribution in [2.75, 3.05) is 16.5 Å². The highest BCUT2D eigenvalue weighted by Gasteiger charge is 2.33. The quantitative estimate of drug-likeness (QED) is 0.160. The van der Waals surface area contributed by atoms with Gasteiger partial charge in [0.05, 0.1) is 22.4 Å². The monoisotopic (exact) mass is 873 g/mol. The summed E-state index contributed by atoms with van der Waals surface area (Å²) < 4.78 is 9.37. The molecule has 0 bridgehead atoms. The van der Waals surface area contributed by atoms with Gasteiger partial charge in [0.2, 0.25) is 0 Å². The fraction of sp³-hybridized carbons (Fsp3) is 0.328. The summed E-state index contributed by atoms with van der Waals surface area (Å²) in [5.41, 5.74) is 14.2. The van der Waals surface area contributed by atoms with Gasteiger partial charge in [0.15, 0.2) is 0 Å². The van der Waals surface area contributed by atoms with Crippen LogP contribution in [0.3, 0.4) is 0 Å². The highest BCUT2D eigenvalue weighted by Crippen LogP contribution is 2.49. The first kappa shape index (κ1) is 44.9. The Kier molecular flexibility index (Phi) is 10.8. The van der Waals surface area contributed by atoms with Gasteiger partial charge >= 0.3 is 0 Å². The molecule has 9 rings (SSSR count). The van der Waals surface area contributed by atoms with Crippen molar-refractivity contribution >= 4 is 44.6 Å². The molecule has 66 heavy (non-hydrogen) atoms. The van der Waals surface area contributed by atoms with Gasteiger partial charge in [-0.1, -0.05) is 152 Å². The van der Waals surface area contributed by atoms with E-state index in [4.69, 9.17) is 9.72 Å². The summed E-state index contributed by atoms with van der Waals surface area (Å²) in [5.74, 6) is 2.49. The van der Waals surface area contributed by atoms with E-state index in [-0.39, 0.29) is 27.1 Å². The van der Waals surface area contributed by atoms with Crippen LogP contribution in [0.5, 0.6) is 11.5 Å². The lowest BCUT2D eigenvalue weighted by atomic mass is 9.78. The van der Waals surface area contributed by atoms with Crippen molar-refractivity contribution in [3.63, 3.8) is 0 Å². The average Bonchev–Trinajstić information content (AvgIpc) is 3.81. The van der Waals surface area contributed by atoms with E-state index < -0.39 is 0 Å². The molecule has 0 saturated carbocycles. The third-order valence-electron chi connectivity index (χ3n) is 13.8. The Morgan fingerprint density at radius 1 is 0.409 bits per heavy atom. The van der Waals surface area contributed by atoms with Crippen LogP contribution < -0.4 is 14.5 Å².